The van der Waals surface area contributed by atoms with Crippen LogP contribution in [0.5, 0.6) is 0 Å². The van der Waals surface area contributed by atoms with E-state index in [1.54, 1.807) is 17.4 Å². The van der Waals surface area contributed by atoms with E-state index in [1.807, 2.05) is 28.8 Å². The maximum atomic E-state index is 13.2. The molecule has 0 unspecified atom stereocenters. The molecule has 3 aromatic rings. The molecule has 5 rings (SSSR count). The molecule has 2 amide bonds. The van der Waals surface area contributed by atoms with Gasteiger partial charge in [0.15, 0.2) is 0 Å². The van der Waals surface area contributed by atoms with Gasteiger partial charge < -0.3 is 20.4 Å². The average molecular weight is 419 g/mol. The zero-order chi connectivity index (χ0) is 21.5. The molecule has 0 spiro atoms. The van der Waals surface area contributed by atoms with Crippen molar-refractivity contribution in [2.24, 2.45) is 5.92 Å². The van der Waals surface area contributed by atoms with Gasteiger partial charge in [-0.3, -0.25) is 9.59 Å². The number of rotatable bonds is 3. The summed E-state index contributed by atoms with van der Waals surface area (Å²) in [5.41, 5.74) is 9.41. The zero-order valence-electron chi connectivity index (χ0n) is 17.5. The van der Waals surface area contributed by atoms with Gasteiger partial charge in [-0.25, -0.2) is 9.97 Å². The fourth-order valence-corrected chi connectivity index (χ4v) is 4.45. The molecular weight excluding hydrogens is 392 g/mol. The molecule has 1 saturated heterocycles. The summed E-state index contributed by atoms with van der Waals surface area (Å²) in [4.78, 5) is 36.1. The van der Waals surface area contributed by atoms with E-state index in [9.17, 15) is 9.59 Å². The van der Waals surface area contributed by atoms with Crippen molar-refractivity contribution < 1.29 is 9.59 Å². The third-order valence-electron chi connectivity index (χ3n) is 6.31. The molecule has 31 heavy (non-hydrogen) atoms. The van der Waals surface area contributed by atoms with E-state index in [0.717, 1.165) is 42.3 Å². The molecule has 160 valence electrons. The number of anilines is 2. The normalized spacial score (nSPS) is 21.3. The molecule has 1 saturated carbocycles. The van der Waals surface area contributed by atoms with Gasteiger partial charge in [0.25, 0.3) is 0 Å². The van der Waals surface area contributed by atoms with Crippen LogP contribution in [-0.4, -0.2) is 37.6 Å². The first-order valence-electron chi connectivity index (χ1n) is 10.8. The Kier molecular flexibility index (Phi) is 4.84. The third-order valence-corrected chi connectivity index (χ3v) is 6.31. The fourth-order valence-electron chi connectivity index (χ4n) is 4.45. The molecule has 8 heteroatoms. The number of imidazole rings is 1. The number of carbonyl (C=O) groups is 2. The van der Waals surface area contributed by atoms with Crippen molar-refractivity contribution in [2.45, 2.75) is 44.6 Å². The van der Waals surface area contributed by atoms with Gasteiger partial charge in [0.1, 0.15) is 5.82 Å². The van der Waals surface area contributed by atoms with Gasteiger partial charge in [0.05, 0.1) is 36.0 Å². The van der Waals surface area contributed by atoms with Crippen LogP contribution < -0.4 is 11.1 Å². The molecule has 1 aliphatic heterocycles. The Morgan fingerprint density at radius 1 is 1.16 bits per heavy atom. The Bertz CT molecular complexity index is 1150. The van der Waals surface area contributed by atoms with Gasteiger partial charge in [-0.2, -0.15) is 0 Å². The van der Waals surface area contributed by atoms with Crippen molar-refractivity contribution in [3.8, 4) is 0 Å². The number of hydrogen-bond donors (Lipinski definition) is 2. The number of likely N-dealkylation sites (tertiary alicyclic amines) is 1. The Balaban J connectivity index is 1.37. The van der Waals surface area contributed by atoms with Crippen LogP contribution in [0.4, 0.5) is 11.5 Å². The number of pyridine rings is 2. The van der Waals surface area contributed by atoms with Crippen molar-refractivity contribution in [1.82, 2.24) is 19.3 Å². The monoisotopic (exact) mass is 418 g/mol. The van der Waals surface area contributed by atoms with Crippen LogP contribution in [0.1, 0.15) is 55.7 Å². The molecule has 8 nitrogen and oxygen atoms in total. The lowest BCUT2D eigenvalue weighted by Gasteiger charge is -2.38. The molecule has 0 radical (unpaired) electrons. The first-order valence-corrected chi connectivity index (χ1v) is 10.8. The van der Waals surface area contributed by atoms with Crippen molar-refractivity contribution in [3.05, 3.63) is 54.2 Å². The van der Waals surface area contributed by atoms with E-state index in [0.29, 0.717) is 29.9 Å². The predicted molar refractivity (Wildman–Crippen MR) is 117 cm³/mol. The average Bonchev–Trinajstić information content (AvgIpc) is 3.50. The van der Waals surface area contributed by atoms with E-state index in [1.165, 1.54) is 6.20 Å². The minimum Gasteiger partial charge on any atom is -0.383 e. The van der Waals surface area contributed by atoms with E-state index < -0.39 is 11.8 Å². The second-order valence-electron chi connectivity index (χ2n) is 8.77. The summed E-state index contributed by atoms with van der Waals surface area (Å²) >= 11 is 0. The standard InChI is InChI=1S/C23H26N6O2/c1-14-2-7-20(16-5-6-18-10-25-13-28(18)12-16)29(11-14)23(31)22(30)27-17-8-19(15-3-4-15)21(24)26-9-17/h5-6,8-10,12-15,20H,2-4,7,11H2,1H3,(H2,24,26)(H,27,30)/t14-,20+/m1/s1. The molecule has 0 bridgehead atoms. The molecule has 1 aliphatic carbocycles. The van der Waals surface area contributed by atoms with E-state index in [-0.39, 0.29) is 6.04 Å². The van der Waals surface area contributed by atoms with Crippen LogP contribution in [-0.2, 0) is 9.59 Å². The van der Waals surface area contributed by atoms with Crippen molar-refractivity contribution >= 4 is 28.8 Å². The largest absolute Gasteiger partial charge is 0.383 e. The van der Waals surface area contributed by atoms with Crippen LogP contribution in [0.25, 0.3) is 5.52 Å². The highest BCUT2D eigenvalue weighted by atomic mass is 16.2. The van der Waals surface area contributed by atoms with Crippen molar-refractivity contribution in [3.63, 3.8) is 0 Å². The van der Waals surface area contributed by atoms with Crippen LogP contribution in [0.2, 0.25) is 0 Å². The second kappa shape index (κ2) is 7.68. The SMILES string of the molecule is C[C@@H]1CC[C@@H](c2ccc3cncn3c2)N(C(=O)C(=O)Nc2cnc(N)c(C3CC3)c2)C1. The summed E-state index contributed by atoms with van der Waals surface area (Å²) in [5.74, 6) is 0.0740. The van der Waals surface area contributed by atoms with Crippen molar-refractivity contribution in [2.75, 3.05) is 17.6 Å². The molecule has 2 atom stereocenters. The van der Waals surface area contributed by atoms with E-state index in [2.05, 4.69) is 22.2 Å². The molecule has 3 aromatic heterocycles. The number of fused-ring (bicyclic) bond motifs is 1. The Morgan fingerprint density at radius 3 is 2.81 bits per heavy atom. The highest BCUT2D eigenvalue weighted by Gasteiger charge is 2.34. The summed E-state index contributed by atoms with van der Waals surface area (Å²) in [5, 5.41) is 2.74. The second-order valence-corrected chi connectivity index (χ2v) is 8.77. The Morgan fingerprint density at radius 2 is 2.00 bits per heavy atom. The van der Waals surface area contributed by atoms with Crippen LogP contribution >= 0.6 is 0 Å². The van der Waals surface area contributed by atoms with Crippen LogP contribution in [0, 0.1) is 5.92 Å². The van der Waals surface area contributed by atoms with Gasteiger partial charge in [-0.05, 0) is 60.8 Å². The number of hydrogen-bond acceptors (Lipinski definition) is 5. The van der Waals surface area contributed by atoms with Gasteiger partial charge in [-0.15, -0.1) is 0 Å². The van der Waals surface area contributed by atoms with Gasteiger partial charge in [0, 0.05) is 12.7 Å². The molecular formula is C23H26N6O2. The minimum atomic E-state index is -0.642. The molecule has 3 N–H and O–H groups in total. The Labute approximate surface area is 180 Å². The maximum absolute atomic E-state index is 13.2. The number of nitrogens with one attached hydrogen (secondary N) is 1. The number of piperidine rings is 1. The van der Waals surface area contributed by atoms with E-state index in [4.69, 9.17) is 5.73 Å². The van der Waals surface area contributed by atoms with Crippen LogP contribution in [0.3, 0.4) is 0 Å². The number of carbonyl (C=O) groups excluding carboxylic acids is 2. The summed E-state index contributed by atoms with van der Waals surface area (Å²) in [7, 11) is 0. The third kappa shape index (κ3) is 3.85. The first kappa shape index (κ1) is 19.5. The predicted octanol–water partition coefficient (Wildman–Crippen LogP) is 3.13. The Hall–Kier alpha value is -3.42. The number of aromatic nitrogens is 3. The lowest BCUT2D eigenvalue weighted by atomic mass is 9.90. The van der Waals surface area contributed by atoms with Crippen LogP contribution in [0.15, 0.2) is 43.1 Å². The highest BCUT2D eigenvalue weighted by molar-refractivity contribution is 6.39. The quantitative estimate of drug-likeness (QED) is 0.636. The summed E-state index contributed by atoms with van der Waals surface area (Å²) in [6.45, 7) is 2.66. The lowest BCUT2D eigenvalue weighted by molar-refractivity contribution is -0.146. The molecule has 4 heterocycles. The van der Waals surface area contributed by atoms with E-state index >= 15 is 0 Å². The molecule has 0 aromatic carbocycles. The van der Waals surface area contributed by atoms with Gasteiger partial charge in [0.2, 0.25) is 0 Å². The first-order chi connectivity index (χ1) is 15.0. The number of nitrogens with zero attached hydrogens (tertiary/aromatic N) is 4. The number of nitrogens with two attached hydrogens (primary N) is 1. The number of amides is 2. The zero-order valence-corrected chi connectivity index (χ0v) is 17.5. The lowest BCUT2D eigenvalue weighted by Crippen LogP contribution is -2.46. The topological polar surface area (TPSA) is 106 Å². The maximum Gasteiger partial charge on any atom is 0.313 e. The minimum absolute atomic E-state index is 0.146. The fraction of sp³-hybridized carbons (Fsp3) is 0.391. The van der Waals surface area contributed by atoms with Gasteiger partial charge >= 0.3 is 11.8 Å². The van der Waals surface area contributed by atoms with Gasteiger partial charge in [-0.1, -0.05) is 13.0 Å². The summed E-state index contributed by atoms with van der Waals surface area (Å²) in [6.07, 6.45) is 11.0. The summed E-state index contributed by atoms with van der Waals surface area (Å²) < 4.78 is 1.94. The highest BCUT2D eigenvalue weighted by Crippen LogP contribution is 2.42. The smallest absolute Gasteiger partial charge is 0.313 e. The molecule has 2 fully saturated rings. The molecule has 2 aliphatic rings. The number of nitrogen functional groups attached to an aromatic ring is 1. The van der Waals surface area contributed by atoms with Crippen molar-refractivity contribution in [1.29, 1.82) is 0 Å². The summed E-state index contributed by atoms with van der Waals surface area (Å²) in [6, 6.07) is 5.70.